The second kappa shape index (κ2) is 6.15. The minimum atomic E-state index is -0.250. The Hall–Kier alpha value is -1.14. The summed E-state index contributed by atoms with van der Waals surface area (Å²) in [6, 6.07) is 7.17. The van der Waals surface area contributed by atoms with E-state index in [0.29, 0.717) is 10.7 Å². The summed E-state index contributed by atoms with van der Waals surface area (Å²) in [4.78, 5) is 11.8. The van der Waals surface area contributed by atoms with Crippen LogP contribution in [0.1, 0.15) is 31.1 Å². The average Bonchev–Trinajstić information content (AvgIpc) is 2.24. The fourth-order valence-electron chi connectivity index (χ4n) is 1.20. The summed E-state index contributed by atoms with van der Waals surface area (Å²) in [7, 11) is 0. The van der Waals surface area contributed by atoms with E-state index in [1.54, 1.807) is 18.2 Å². The Bertz CT molecular complexity index is 457. The first-order chi connectivity index (χ1) is 8.29. The summed E-state index contributed by atoms with van der Waals surface area (Å²) >= 11 is 8.37. The molecule has 0 aromatic heterocycles. The fourth-order valence-corrected chi connectivity index (χ4v) is 2.02. The summed E-state index contributed by atoms with van der Waals surface area (Å²) in [5.41, 5.74) is 5.60. The van der Waals surface area contributed by atoms with Crippen LogP contribution in [0.25, 0.3) is 0 Å². The maximum Gasteiger partial charge on any atom is 0.270 e. The smallest absolute Gasteiger partial charge is 0.270 e. The van der Waals surface area contributed by atoms with E-state index in [-0.39, 0.29) is 11.4 Å². The number of carbonyl (C=O) groups is 1. The van der Waals surface area contributed by atoms with Crippen LogP contribution in [0.4, 0.5) is 0 Å². The third-order valence-electron chi connectivity index (χ3n) is 1.90. The highest BCUT2D eigenvalue weighted by Crippen LogP contribution is 2.15. The molecule has 0 aliphatic heterocycles. The van der Waals surface area contributed by atoms with Crippen molar-refractivity contribution >= 4 is 39.2 Å². The molecule has 0 atom stereocenters. The van der Waals surface area contributed by atoms with E-state index in [1.807, 2.05) is 26.8 Å². The van der Waals surface area contributed by atoms with Crippen LogP contribution < -0.4 is 16.2 Å². The molecule has 4 nitrogen and oxygen atoms in total. The van der Waals surface area contributed by atoms with Crippen LogP contribution in [-0.2, 0) is 0 Å². The van der Waals surface area contributed by atoms with Crippen molar-refractivity contribution in [3.8, 4) is 0 Å². The molecule has 0 unspecified atom stereocenters. The number of amides is 1. The molecule has 0 saturated heterocycles. The molecule has 0 aliphatic rings. The predicted molar refractivity (Wildman–Crippen MR) is 80.2 cm³/mol. The Balaban J connectivity index is 2.52. The van der Waals surface area contributed by atoms with Gasteiger partial charge in [-0.05, 0) is 61.1 Å². The van der Waals surface area contributed by atoms with Gasteiger partial charge in [0.25, 0.3) is 5.91 Å². The normalized spacial score (nSPS) is 10.7. The number of rotatable bonds is 1. The summed E-state index contributed by atoms with van der Waals surface area (Å²) in [6.45, 7) is 5.95. The van der Waals surface area contributed by atoms with Crippen LogP contribution in [0, 0.1) is 0 Å². The minimum Gasteiger partial charge on any atom is -0.357 e. The van der Waals surface area contributed by atoms with Crippen molar-refractivity contribution in [2.75, 3.05) is 0 Å². The molecular formula is C12H16BrN3OS. The zero-order chi connectivity index (χ0) is 13.8. The Morgan fingerprint density at radius 1 is 1.22 bits per heavy atom. The largest absolute Gasteiger partial charge is 0.357 e. The first kappa shape index (κ1) is 14.9. The molecule has 1 rings (SSSR count). The summed E-state index contributed by atoms with van der Waals surface area (Å²) in [5, 5.41) is 3.41. The van der Waals surface area contributed by atoms with E-state index in [1.165, 1.54) is 0 Å². The highest BCUT2D eigenvalue weighted by molar-refractivity contribution is 9.10. The molecule has 0 radical (unpaired) electrons. The maximum absolute atomic E-state index is 11.8. The fraction of sp³-hybridized carbons (Fsp3) is 0.333. The topological polar surface area (TPSA) is 53.2 Å². The lowest BCUT2D eigenvalue weighted by Gasteiger charge is -2.23. The van der Waals surface area contributed by atoms with Gasteiger partial charge in [-0.1, -0.05) is 12.1 Å². The number of hydrazine groups is 1. The molecule has 18 heavy (non-hydrogen) atoms. The molecule has 3 N–H and O–H groups in total. The van der Waals surface area contributed by atoms with Gasteiger partial charge in [0.1, 0.15) is 0 Å². The molecule has 6 heteroatoms. The molecule has 0 fully saturated rings. The number of halogens is 1. The lowest BCUT2D eigenvalue weighted by atomic mass is 10.1. The SMILES string of the molecule is CC(C)(C)NC(=S)NNC(=O)c1ccccc1Br. The van der Waals surface area contributed by atoms with Gasteiger partial charge in [-0.25, -0.2) is 0 Å². The number of nitrogens with one attached hydrogen (secondary N) is 3. The predicted octanol–water partition coefficient (Wildman–Crippen LogP) is 2.36. The van der Waals surface area contributed by atoms with Crippen LogP contribution in [0.3, 0.4) is 0 Å². The van der Waals surface area contributed by atoms with E-state index < -0.39 is 0 Å². The van der Waals surface area contributed by atoms with Gasteiger partial charge in [0.2, 0.25) is 0 Å². The van der Waals surface area contributed by atoms with Crippen molar-refractivity contribution < 1.29 is 4.79 Å². The number of hydrogen-bond donors (Lipinski definition) is 3. The van der Waals surface area contributed by atoms with Gasteiger partial charge in [-0.2, -0.15) is 0 Å². The summed E-state index contributed by atoms with van der Waals surface area (Å²) < 4.78 is 0.735. The molecule has 0 saturated carbocycles. The van der Waals surface area contributed by atoms with Gasteiger partial charge < -0.3 is 5.32 Å². The second-order valence-corrected chi connectivity index (χ2v) is 6.03. The quantitative estimate of drug-likeness (QED) is 0.547. The lowest BCUT2D eigenvalue weighted by molar-refractivity contribution is 0.0942. The van der Waals surface area contributed by atoms with Crippen LogP contribution in [0.2, 0.25) is 0 Å². The highest BCUT2D eigenvalue weighted by atomic mass is 79.9. The van der Waals surface area contributed by atoms with E-state index in [4.69, 9.17) is 12.2 Å². The van der Waals surface area contributed by atoms with Crippen molar-refractivity contribution in [2.45, 2.75) is 26.3 Å². The number of benzene rings is 1. The highest BCUT2D eigenvalue weighted by Gasteiger charge is 2.12. The Morgan fingerprint density at radius 3 is 2.39 bits per heavy atom. The van der Waals surface area contributed by atoms with Crippen molar-refractivity contribution in [3.63, 3.8) is 0 Å². The maximum atomic E-state index is 11.8. The van der Waals surface area contributed by atoms with Gasteiger partial charge in [0.15, 0.2) is 5.11 Å². The van der Waals surface area contributed by atoms with Crippen LogP contribution in [-0.4, -0.2) is 16.6 Å². The molecule has 1 amide bonds. The zero-order valence-electron chi connectivity index (χ0n) is 10.5. The van der Waals surface area contributed by atoms with Crippen molar-refractivity contribution in [2.24, 2.45) is 0 Å². The molecule has 0 aliphatic carbocycles. The van der Waals surface area contributed by atoms with Crippen molar-refractivity contribution in [3.05, 3.63) is 34.3 Å². The van der Waals surface area contributed by atoms with E-state index >= 15 is 0 Å². The number of thiocarbonyl (C=S) groups is 1. The lowest BCUT2D eigenvalue weighted by Crippen LogP contribution is -2.52. The number of carbonyl (C=O) groups excluding carboxylic acids is 1. The van der Waals surface area contributed by atoms with Gasteiger partial charge >= 0.3 is 0 Å². The van der Waals surface area contributed by atoms with Crippen LogP contribution in [0.5, 0.6) is 0 Å². The second-order valence-electron chi connectivity index (χ2n) is 4.76. The van der Waals surface area contributed by atoms with Gasteiger partial charge in [0, 0.05) is 10.0 Å². The first-order valence-corrected chi connectivity index (χ1v) is 6.63. The van der Waals surface area contributed by atoms with Crippen molar-refractivity contribution in [1.82, 2.24) is 16.2 Å². The Kier molecular flexibility index (Phi) is 5.10. The van der Waals surface area contributed by atoms with Crippen LogP contribution >= 0.6 is 28.1 Å². The van der Waals surface area contributed by atoms with E-state index in [9.17, 15) is 4.79 Å². The zero-order valence-corrected chi connectivity index (χ0v) is 12.9. The summed E-state index contributed by atoms with van der Waals surface area (Å²) in [5.74, 6) is -0.250. The Morgan fingerprint density at radius 2 is 1.83 bits per heavy atom. The molecule has 1 aromatic carbocycles. The third-order valence-corrected chi connectivity index (χ3v) is 2.79. The molecule has 0 spiro atoms. The number of hydrogen-bond acceptors (Lipinski definition) is 2. The average molecular weight is 330 g/mol. The van der Waals surface area contributed by atoms with Crippen LogP contribution in [0.15, 0.2) is 28.7 Å². The molecule has 98 valence electrons. The van der Waals surface area contributed by atoms with Gasteiger partial charge in [0.05, 0.1) is 5.56 Å². The van der Waals surface area contributed by atoms with E-state index in [0.717, 1.165) is 4.47 Å². The monoisotopic (exact) mass is 329 g/mol. The minimum absolute atomic E-state index is 0.151. The summed E-state index contributed by atoms with van der Waals surface area (Å²) in [6.07, 6.45) is 0. The Labute approximate surface area is 121 Å². The van der Waals surface area contributed by atoms with E-state index in [2.05, 4.69) is 32.1 Å². The standard InChI is InChI=1S/C12H16BrN3OS/c1-12(2,3)14-11(18)16-15-10(17)8-6-4-5-7-9(8)13/h4-7H,1-3H3,(H,15,17)(H2,14,16,18). The van der Waals surface area contributed by atoms with Gasteiger partial charge in [-0.3, -0.25) is 15.6 Å². The molecule has 1 aromatic rings. The third kappa shape index (κ3) is 5.01. The first-order valence-electron chi connectivity index (χ1n) is 5.42. The van der Waals surface area contributed by atoms with Gasteiger partial charge in [-0.15, -0.1) is 0 Å². The van der Waals surface area contributed by atoms with Crippen molar-refractivity contribution in [1.29, 1.82) is 0 Å². The molecule has 0 heterocycles. The molecular weight excluding hydrogens is 314 g/mol. The molecule has 0 bridgehead atoms.